The molecule has 0 aliphatic rings. The summed E-state index contributed by atoms with van der Waals surface area (Å²) in [5, 5.41) is 5.10. The van der Waals surface area contributed by atoms with Crippen LogP contribution in [-0.2, 0) is 0 Å². The second-order valence-electron chi connectivity index (χ2n) is 10.7. The molecule has 7 rings (SSSR count). The Kier molecular flexibility index (Phi) is 6.02. The van der Waals surface area contributed by atoms with Gasteiger partial charge in [-0.05, 0) is 92.0 Å². The Balaban J connectivity index is 1.61. The van der Waals surface area contributed by atoms with Gasteiger partial charge in [0.25, 0.3) is 0 Å². The highest BCUT2D eigenvalue weighted by Gasteiger charge is 2.18. The van der Waals surface area contributed by atoms with E-state index >= 15 is 0 Å². The topological polar surface area (TPSA) is 0 Å². The van der Waals surface area contributed by atoms with Crippen molar-refractivity contribution in [1.82, 2.24) is 0 Å². The van der Waals surface area contributed by atoms with Crippen LogP contribution in [0, 0.1) is 13.8 Å². The van der Waals surface area contributed by atoms with E-state index < -0.39 is 0 Å². The number of rotatable bonds is 4. The van der Waals surface area contributed by atoms with E-state index in [2.05, 4.69) is 159 Å². The monoisotopic (exact) mass is 510 g/mol. The first-order valence-electron chi connectivity index (χ1n) is 13.9. The molecule has 0 N–H and O–H groups in total. The average molecular weight is 511 g/mol. The Morgan fingerprint density at radius 1 is 0.275 bits per heavy atom. The van der Waals surface area contributed by atoms with Crippen molar-refractivity contribution >= 4 is 21.5 Å². The number of fused-ring (bicyclic) bond motifs is 2. The highest BCUT2D eigenvalue weighted by atomic mass is 14.2. The summed E-state index contributed by atoms with van der Waals surface area (Å²) in [5.41, 5.74) is 12.5. The first-order chi connectivity index (χ1) is 19.7. The lowest BCUT2D eigenvalue weighted by atomic mass is 9.84. The zero-order valence-corrected chi connectivity index (χ0v) is 22.9. The van der Waals surface area contributed by atoms with Crippen LogP contribution in [0.5, 0.6) is 0 Å². The summed E-state index contributed by atoms with van der Waals surface area (Å²) in [6, 6.07) is 53.4. The van der Waals surface area contributed by atoms with Crippen molar-refractivity contribution in [3.8, 4) is 44.5 Å². The van der Waals surface area contributed by atoms with E-state index in [9.17, 15) is 0 Å². The number of aryl methyl sites for hydroxylation is 2. The molecule has 0 fully saturated rings. The van der Waals surface area contributed by atoms with Gasteiger partial charge in [-0.1, -0.05) is 145 Å². The van der Waals surface area contributed by atoms with Gasteiger partial charge in [-0.25, -0.2) is 0 Å². The first-order valence-corrected chi connectivity index (χ1v) is 13.9. The average Bonchev–Trinajstić information content (AvgIpc) is 3.01. The van der Waals surface area contributed by atoms with E-state index in [-0.39, 0.29) is 0 Å². The number of hydrogen-bond donors (Lipinski definition) is 0. The molecule has 7 aromatic rings. The lowest BCUT2D eigenvalue weighted by Gasteiger charge is -2.19. The third-order valence-corrected chi connectivity index (χ3v) is 8.01. The fourth-order valence-corrected chi connectivity index (χ4v) is 5.91. The Morgan fingerprint density at radius 3 is 1.00 bits per heavy atom. The molecule has 7 aromatic carbocycles. The molecule has 0 heteroatoms. The molecule has 0 saturated heterocycles. The van der Waals surface area contributed by atoms with Gasteiger partial charge in [-0.15, -0.1) is 0 Å². The maximum absolute atomic E-state index is 2.39. The Bertz CT molecular complexity index is 1810. The van der Waals surface area contributed by atoms with Crippen LogP contribution < -0.4 is 0 Å². The molecule has 40 heavy (non-hydrogen) atoms. The van der Waals surface area contributed by atoms with Crippen molar-refractivity contribution in [1.29, 1.82) is 0 Å². The van der Waals surface area contributed by atoms with Gasteiger partial charge in [-0.2, -0.15) is 0 Å². The van der Waals surface area contributed by atoms with Crippen LogP contribution in [0.3, 0.4) is 0 Å². The van der Waals surface area contributed by atoms with Crippen LogP contribution in [0.4, 0.5) is 0 Å². The van der Waals surface area contributed by atoms with Gasteiger partial charge < -0.3 is 0 Å². The maximum atomic E-state index is 2.39. The summed E-state index contributed by atoms with van der Waals surface area (Å²) in [6.45, 7) is 4.28. The second kappa shape index (κ2) is 9.98. The molecule has 0 aliphatic carbocycles. The molecular formula is C40H30. The number of hydrogen-bond acceptors (Lipinski definition) is 0. The Labute approximate surface area is 236 Å². The Morgan fingerprint density at radius 2 is 0.625 bits per heavy atom. The van der Waals surface area contributed by atoms with Crippen LogP contribution in [-0.4, -0.2) is 0 Å². The van der Waals surface area contributed by atoms with Crippen molar-refractivity contribution in [2.45, 2.75) is 13.8 Å². The third-order valence-electron chi connectivity index (χ3n) is 8.01. The highest BCUT2D eigenvalue weighted by molar-refractivity contribution is 6.22. The molecule has 0 nitrogen and oxygen atoms in total. The largest absolute Gasteiger partial charge is 0.0622 e. The molecule has 0 saturated carbocycles. The standard InChI is InChI=1S/C40H30/c1-27-13-17-29(18-14-27)33-21-23-35-37(25-33)39(31-9-5-3-6-10-31)36-24-22-34(30-19-15-28(2)16-20-30)26-38(36)40(35)32-11-7-4-8-12-32/h3-26H,1-2H3. The fourth-order valence-electron chi connectivity index (χ4n) is 5.91. The fraction of sp³-hybridized carbons (Fsp3) is 0.0500. The molecule has 0 atom stereocenters. The van der Waals surface area contributed by atoms with Crippen LogP contribution in [0.25, 0.3) is 66.1 Å². The lowest BCUT2D eigenvalue weighted by molar-refractivity contribution is 1.47. The van der Waals surface area contributed by atoms with Crippen molar-refractivity contribution in [2.24, 2.45) is 0 Å². The molecule has 0 amide bonds. The summed E-state index contributed by atoms with van der Waals surface area (Å²) >= 11 is 0. The molecule has 0 aromatic heterocycles. The van der Waals surface area contributed by atoms with Crippen molar-refractivity contribution in [3.05, 3.63) is 157 Å². The second-order valence-corrected chi connectivity index (χ2v) is 10.7. The van der Waals surface area contributed by atoms with E-state index in [4.69, 9.17) is 0 Å². The highest BCUT2D eigenvalue weighted by Crippen LogP contribution is 2.45. The molecule has 0 aliphatic heterocycles. The van der Waals surface area contributed by atoms with E-state index in [0.717, 1.165) is 0 Å². The minimum Gasteiger partial charge on any atom is -0.0622 e. The van der Waals surface area contributed by atoms with E-state index in [0.29, 0.717) is 0 Å². The SMILES string of the molecule is Cc1ccc(-c2ccc3c(-c4ccccc4)c4cc(-c5ccc(C)cc5)ccc4c(-c4ccccc4)c3c2)cc1. The summed E-state index contributed by atoms with van der Waals surface area (Å²) in [5.74, 6) is 0. The zero-order chi connectivity index (χ0) is 27.1. The van der Waals surface area contributed by atoms with Gasteiger partial charge in [0, 0.05) is 0 Å². The lowest BCUT2D eigenvalue weighted by Crippen LogP contribution is -1.92. The molecule has 0 radical (unpaired) electrons. The first kappa shape index (κ1) is 24.1. The Hall–Kier alpha value is -4.94. The van der Waals surface area contributed by atoms with Gasteiger partial charge in [0.2, 0.25) is 0 Å². The van der Waals surface area contributed by atoms with Crippen LogP contribution >= 0.6 is 0 Å². The smallest absolute Gasteiger partial charge is 0.00261 e. The molecule has 0 spiro atoms. The van der Waals surface area contributed by atoms with Gasteiger partial charge in [0.05, 0.1) is 0 Å². The van der Waals surface area contributed by atoms with Gasteiger partial charge in [0.1, 0.15) is 0 Å². The molecule has 0 unspecified atom stereocenters. The van der Waals surface area contributed by atoms with Gasteiger partial charge in [-0.3, -0.25) is 0 Å². The number of benzene rings is 7. The van der Waals surface area contributed by atoms with E-state index in [1.54, 1.807) is 0 Å². The summed E-state index contributed by atoms with van der Waals surface area (Å²) < 4.78 is 0. The van der Waals surface area contributed by atoms with Gasteiger partial charge in [0.15, 0.2) is 0 Å². The van der Waals surface area contributed by atoms with Crippen LogP contribution in [0.15, 0.2) is 146 Å². The molecule has 0 heterocycles. The minimum atomic E-state index is 1.24. The molecule has 0 bridgehead atoms. The van der Waals surface area contributed by atoms with Crippen molar-refractivity contribution < 1.29 is 0 Å². The minimum absolute atomic E-state index is 1.24. The van der Waals surface area contributed by atoms with Crippen LogP contribution in [0.2, 0.25) is 0 Å². The zero-order valence-electron chi connectivity index (χ0n) is 22.9. The van der Waals surface area contributed by atoms with Crippen LogP contribution in [0.1, 0.15) is 11.1 Å². The predicted molar refractivity (Wildman–Crippen MR) is 173 cm³/mol. The summed E-state index contributed by atoms with van der Waals surface area (Å²) in [6.07, 6.45) is 0. The summed E-state index contributed by atoms with van der Waals surface area (Å²) in [7, 11) is 0. The van der Waals surface area contributed by atoms with Crippen molar-refractivity contribution in [3.63, 3.8) is 0 Å². The van der Waals surface area contributed by atoms with Crippen molar-refractivity contribution in [2.75, 3.05) is 0 Å². The van der Waals surface area contributed by atoms with E-state index in [1.165, 1.54) is 77.2 Å². The molecule has 190 valence electrons. The third kappa shape index (κ3) is 4.28. The van der Waals surface area contributed by atoms with E-state index in [1.807, 2.05) is 0 Å². The quantitative estimate of drug-likeness (QED) is 0.207. The normalized spacial score (nSPS) is 11.2. The summed E-state index contributed by atoms with van der Waals surface area (Å²) in [4.78, 5) is 0. The molecular weight excluding hydrogens is 480 g/mol. The predicted octanol–water partition coefficient (Wildman–Crippen LogP) is 11.3. The maximum Gasteiger partial charge on any atom is -0.00261 e. The van der Waals surface area contributed by atoms with Gasteiger partial charge >= 0.3 is 0 Å².